The van der Waals surface area contributed by atoms with Gasteiger partial charge < -0.3 is 16.0 Å². The second-order valence-electron chi connectivity index (χ2n) is 6.30. The van der Waals surface area contributed by atoms with Crippen LogP contribution in [0.3, 0.4) is 0 Å². The van der Waals surface area contributed by atoms with Crippen molar-refractivity contribution >= 4 is 40.6 Å². The predicted octanol–water partition coefficient (Wildman–Crippen LogP) is 3.42. The fourth-order valence-corrected chi connectivity index (χ4v) is 3.18. The summed E-state index contributed by atoms with van der Waals surface area (Å²) < 4.78 is 0. The van der Waals surface area contributed by atoms with Crippen molar-refractivity contribution < 1.29 is 19.4 Å². The Kier molecular flexibility index (Phi) is 5.65. The van der Waals surface area contributed by atoms with Crippen LogP contribution < -0.4 is 16.0 Å². The van der Waals surface area contributed by atoms with Crippen LogP contribution in [0.25, 0.3) is 0 Å². The Morgan fingerprint density at radius 2 is 1.87 bits per heavy atom. The third-order valence-corrected chi connectivity index (χ3v) is 4.65. The zero-order valence-corrected chi connectivity index (χ0v) is 16.1. The first-order valence-electron chi connectivity index (χ1n) is 8.45. The molecule has 11 nitrogen and oxygen atoms in total. The van der Waals surface area contributed by atoms with E-state index in [-0.39, 0.29) is 38.9 Å². The number of benzene rings is 2. The zero-order chi connectivity index (χ0) is 22.0. The first-order chi connectivity index (χ1) is 14.2. The van der Waals surface area contributed by atoms with Gasteiger partial charge in [-0.25, -0.2) is 4.79 Å². The zero-order valence-electron chi connectivity index (χ0n) is 15.3. The summed E-state index contributed by atoms with van der Waals surface area (Å²) in [5.74, 6) is -0.650. The molecule has 0 spiro atoms. The van der Waals surface area contributed by atoms with Crippen LogP contribution >= 0.6 is 11.6 Å². The van der Waals surface area contributed by atoms with E-state index in [9.17, 15) is 29.8 Å². The Morgan fingerprint density at radius 3 is 2.53 bits per heavy atom. The molecule has 3 N–H and O–H groups in total. The number of amides is 3. The Morgan fingerprint density at radius 1 is 1.13 bits per heavy atom. The lowest BCUT2D eigenvalue weighted by Gasteiger charge is -2.28. The second-order valence-corrected chi connectivity index (χ2v) is 6.71. The number of allylic oxidation sites excluding steroid dienone is 1. The Labute approximate surface area is 174 Å². The van der Waals surface area contributed by atoms with Crippen LogP contribution in [-0.4, -0.2) is 21.8 Å². The Hall–Kier alpha value is -3.99. The van der Waals surface area contributed by atoms with Crippen molar-refractivity contribution in [2.45, 2.75) is 13.0 Å². The fraction of sp³-hybridized carbons (Fsp3) is 0.111. The van der Waals surface area contributed by atoms with Crippen molar-refractivity contribution in [1.29, 1.82) is 0 Å². The molecule has 1 heterocycles. The third kappa shape index (κ3) is 4.20. The maximum Gasteiger partial charge on any atom is 0.319 e. The van der Waals surface area contributed by atoms with Crippen LogP contribution in [0.4, 0.5) is 21.9 Å². The molecule has 3 rings (SSSR count). The van der Waals surface area contributed by atoms with Crippen molar-refractivity contribution in [2.24, 2.45) is 0 Å². The molecule has 0 radical (unpaired) electrons. The van der Waals surface area contributed by atoms with E-state index >= 15 is 0 Å². The molecule has 0 saturated carbocycles. The van der Waals surface area contributed by atoms with Gasteiger partial charge in [-0.05, 0) is 24.6 Å². The highest BCUT2D eigenvalue weighted by Crippen LogP contribution is 2.33. The molecule has 0 fully saturated rings. The number of carbonyl (C=O) groups is 2. The van der Waals surface area contributed by atoms with Gasteiger partial charge in [0.15, 0.2) is 0 Å². The first-order valence-corrected chi connectivity index (χ1v) is 8.83. The predicted molar refractivity (Wildman–Crippen MR) is 107 cm³/mol. The number of hydrogen-bond acceptors (Lipinski definition) is 6. The molecule has 1 aliphatic rings. The van der Waals surface area contributed by atoms with Gasteiger partial charge in [-0.15, -0.1) is 0 Å². The summed E-state index contributed by atoms with van der Waals surface area (Å²) in [7, 11) is 0. The monoisotopic (exact) mass is 431 g/mol. The number of carbonyl (C=O) groups excluding carboxylic acids is 2. The number of nitrogens with zero attached hydrogens (tertiary/aromatic N) is 2. The van der Waals surface area contributed by atoms with Gasteiger partial charge in [0, 0.05) is 29.6 Å². The van der Waals surface area contributed by atoms with Crippen molar-refractivity contribution in [2.75, 3.05) is 5.32 Å². The number of rotatable bonds is 5. The summed E-state index contributed by atoms with van der Waals surface area (Å²) in [6.45, 7) is 1.50. The molecule has 1 atom stereocenters. The summed E-state index contributed by atoms with van der Waals surface area (Å²) in [6.07, 6.45) is 0. The van der Waals surface area contributed by atoms with Crippen LogP contribution in [0.5, 0.6) is 0 Å². The molecule has 1 aliphatic heterocycles. The third-order valence-electron chi connectivity index (χ3n) is 4.33. The van der Waals surface area contributed by atoms with Gasteiger partial charge in [0.1, 0.15) is 5.02 Å². The van der Waals surface area contributed by atoms with Gasteiger partial charge >= 0.3 is 6.03 Å². The van der Waals surface area contributed by atoms with E-state index in [1.165, 1.54) is 49.4 Å². The summed E-state index contributed by atoms with van der Waals surface area (Å²) in [5, 5.41) is 29.6. The van der Waals surface area contributed by atoms with Crippen LogP contribution in [-0.2, 0) is 4.79 Å². The largest absolute Gasteiger partial charge is 0.327 e. The maximum atomic E-state index is 12.9. The highest BCUT2D eigenvalue weighted by Gasteiger charge is 2.32. The first kappa shape index (κ1) is 20.7. The van der Waals surface area contributed by atoms with Crippen molar-refractivity contribution in [3.8, 4) is 0 Å². The van der Waals surface area contributed by atoms with Crippen LogP contribution in [0.15, 0.2) is 53.7 Å². The van der Waals surface area contributed by atoms with E-state index in [1.807, 2.05) is 0 Å². The van der Waals surface area contributed by atoms with Crippen molar-refractivity contribution in [3.05, 3.63) is 84.5 Å². The molecule has 12 heteroatoms. The molecule has 30 heavy (non-hydrogen) atoms. The van der Waals surface area contributed by atoms with E-state index in [4.69, 9.17) is 11.6 Å². The molecule has 0 saturated heterocycles. The summed E-state index contributed by atoms with van der Waals surface area (Å²) in [6, 6.07) is 7.67. The minimum absolute atomic E-state index is 0.0812. The smallest absolute Gasteiger partial charge is 0.319 e. The standard InChI is InChI=1S/C18H14ClN5O6/c1-9-15(17(25)21-11-3-2-4-12(8-11)23(27)28)16(22-18(26)20-9)10-5-6-13(19)14(7-10)24(29)30/h2-8,16H,1H3,(H,21,25)(H2,20,22,26)/t16-/m0/s1. The molecule has 3 amide bonds. The quantitative estimate of drug-likeness (QED) is 0.486. The van der Waals surface area contributed by atoms with Gasteiger partial charge in [0.05, 0.1) is 21.5 Å². The highest BCUT2D eigenvalue weighted by atomic mass is 35.5. The van der Waals surface area contributed by atoms with Crippen molar-refractivity contribution in [3.63, 3.8) is 0 Å². The lowest BCUT2D eigenvalue weighted by atomic mass is 9.94. The van der Waals surface area contributed by atoms with E-state index < -0.39 is 27.8 Å². The van der Waals surface area contributed by atoms with E-state index in [0.29, 0.717) is 0 Å². The minimum Gasteiger partial charge on any atom is -0.327 e. The second kappa shape index (κ2) is 8.17. The number of halogens is 1. The molecule has 0 aliphatic carbocycles. The highest BCUT2D eigenvalue weighted by molar-refractivity contribution is 6.32. The Balaban J connectivity index is 1.99. The van der Waals surface area contributed by atoms with Crippen LogP contribution in [0.1, 0.15) is 18.5 Å². The van der Waals surface area contributed by atoms with Gasteiger partial charge in [0.2, 0.25) is 0 Å². The lowest BCUT2D eigenvalue weighted by Crippen LogP contribution is -2.46. The summed E-state index contributed by atoms with van der Waals surface area (Å²) in [5.41, 5.74) is 0.162. The molecular formula is C18H14ClN5O6. The SMILES string of the molecule is CC1=C(C(=O)Nc2cccc([N+](=O)[O-])c2)[C@H](c2ccc(Cl)c([N+](=O)[O-])c2)NC(=O)N1. The summed E-state index contributed by atoms with van der Waals surface area (Å²) >= 11 is 5.85. The normalized spacial score (nSPS) is 15.8. The Bertz CT molecular complexity index is 1120. The number of urea groups is 1. The average molecular weight is 432 g/mol. The number of nitro groups is 2. The molecule has 154 valence electrons. The topological polar surface area (TPSA) is 157 Å². The fourth-order valence-electron chi connectivity index (χ4n) is 2.99. The number of hydrogen-bond donors (Lipinski definition) is 3. The van der Waals surface area contributed by atoms with Gasteiger partial charge in [-0.1, -0.05) is 23.7 Å². The molecular weight excluding hydrogens is 418 g/mol. The van der Waals surface area contributed by atoms with E-state index in [1.54, 1.807) is 0 Å². The number of nitro benzene ring substituents is 2. The van der Waals surface area contributed by atoms with Crippen molar-refractivity contribution in [1.82, 2.24) is 10.6 Å². The number of nitrogens with one attached hydrogen (secondary N) is 3. The van der Waals surface area contributed by atoms with Gasteiger partial charge in [0.25, 0.3) is 17.3 Å². The molecule has 0 unspecified atom stereocenters. The van der Waals surface area contributed by atoms with Crippen LogP contribution in [0.2, 0.25) is 5.02 Å². The van der Waals surface area contributed by atoms with Crippen LogP contribution in [0, 0.1) is 20.2 Å². The molecule has 0 bridgehead atoms. The molecule has 2 aromatic carbocycles. The van der Waals surface area contributed by atoms with Gasteiger partial charge in [-0.2, -0.15) is 0 Å². The molecule has 2 aromatic rings. The average Bonchev–Trinajstić information content (AvgIpc) is 2.67. The van der Waals surface area contributed by atoms with E-state index in [0.717, 1.165) is 0 Å². The number of non-ortho nitro benzene ring substituents is 1. The number of anilines is 1. The lowest BCUT2D eigenvalue weighted by molar-refractivity contribution is -0.384. The molecule has 0 aromatic heterocycles. The summed E-state index contributed by atoms with van der Waals surface area (Å²) in [4.78, 5) is 45.8. The van der Waals surface area contributed by atoms with Gasteiger partial charge in [-0.3, -0.25) is 25.0 Å². The van der Waals surface area contributed by atoms with E-state index in [2.05, 4.69) is 16.0 Å². The maximum absolute atomic E-state index is 12.9. The minimum atomic E-state index is -1.01.